The van der Waals surface area contributed by atoms with Crippen LogP contribution in [0.25, 0.3) is 0 Å². The van der Waals surface area contributed by atoms with E-state index in [9.17, 15) is 27.6 Å². The van der Waals surface area contributed by atoms with E-state index in [1.165, 1.54) is 13.8 Å². The Morgan fingerprint density at radius 3 is 2.36 bits per heavy atom. The van der Waals surface area contributed by atoms with Gasteiger partial charge in [-0.1, -0.05) is 13.8 Å². The molecule has 0 saturated carbocycles. The zero-order valence-corrected chi connectivity index (χ0v) is 14.5. The molecule has 0 bridgehead atoms. The number of hydrogen-bond acceptors (Lipinski definition) is 4. The molecule has 1 unspecified atom stereocenters. The van der Waals surface area contributed by atoms with Gasteiger partial charge in [-0.25, -0.2) is 0 Å². The maximum Gasteiger partial charge on any atom is 0.471 e. The van der Waals surface area contributed by atoms with Crippen molar-refractivity contribution in [2.45, 2.75) is 45.5 Å². The van der Waals surface area contributed by atoms with Crippen LogP contribution < -0.4 is 10.6 Å². The fourth-order valence-corrected chi connectivity index (χ4v) is 2.34. The molecule has 1 saturated heterocycles. The standard InChI is InChI=1S/C15H24F3N3O4/c1-4-25-8-11(22)21-6-5-10(21)7-19-13(23)12(9(2)3)20-14(24)15(16,17)18/h9-10,12H,4-8H2,1-3H3,(H,19,23)(H,20,24)/t10?,12-/m0/s1. The van der Waals surface area contributed by atoms with Crippen LogP contribution in [0.2, 0.25) is 0 Å². The summed E-state index contributed by atoms with van der Waals surface area (Å²) in [5.74, 6) is -3.59. The van der Waals surface area contributed by atoms with Crippen molar-refractivity contribution in [2.24, 2.45) is 5.92 Å². The Labute approximate surface area is 144 Å². The minimum Gasteiger partial charge on any atom is -0.372 e. The third kappa shape index (κ3) is 6.18. The van der Waals surface area contributed by atoms with E-state index in [0.29, 0.717) is 19.6 Å². The number of halogens is 3. The zero-order valence-electron chi connectivity index (χ0n) is 14.5. The fourth-order valence-electron chi connectivity index (χ4n) is 2.34. The first-order valence-corrected chi connectivity index (χ1v) is 8.10. The molecule has 0 radical (unpaired) electrons. The van der Waals surface area contributed by atoms with Crippen LogP contribution >= 0.6 is 0 Å². The van der Waals surface area contributed by atoms with E-state index in [0.717, 1.165) is 0 Å². The number of nitrogens with one attached hydrogen (secondary N) is 2. The third-order valence-corrected chi connectivity index (χ3v) is 3.90. The second-order valence-electron chi connectivity index (χ2n) is 6.10. The van der Waals surface area contributed by atoms with E-state index in [1.807, 2.05) is 0 Å². The zero-order chi connectivity index (χ0) is 19.2. The van der Waals surface area contributed by atoms with Gasteiger partial charge in [0.25, 0.3) is 0 Å². The van der Waals surface area contributed by atoms with Crippen LogP contribution in [-0.2, 0) is 19.1 Å². The number of hydrogen-bond donors (Lipinski definition) is 2. The van der Waals surface area contributed by atoms with Crippen molar-refractivity contribution in [3.63, 3.8) is 0 Å². The summed E-state index contributed by atoms with van der Waals surface area (Å²) in [6.07, 6.45) is -4.37. The molecule has 1 aliphatic heterocycles. The van der Waals surface area contributed by atoms with Gasteiger partial charge in [0.05, 0.1) is 6.04 Å². The largest absolute Gasteiger partial charge is 0.471 e. The first kappa shape index (κ1) is 21.2. The van der Waals surface area contributed by atoms with Gasteiger partial charge in [-0.3, -0.25) is 14.4 Å². The Morgan fingerprint density at radius 2 is 1.92 bits per heavy atom. The summed E-state index contributed by atoms with van der Waals surface area (Å²) in [6, 6.07) is -1.52. The van der Waals surface area contributed by atoms with Gasteiger partial charge in [0.1, 0.15) is 12.6 Å². The average molecular weight is 367 g/mol. The minimum absolute atomic E-state index is 0.0444. The molecule has 0 aromatic heterocycles. The van der Waals surface area contributed by atoms with Crippen LogP contribution in [0.1, 0.15) is 27.2 Å². The number of ether oxygens (including phenoxy) is 1. The molecule has 0 aliphatic carbocycles. The van der Waals surface area contributed by atoms with Gasteiger partial charge in [-0.05, 0) is 19.3 Å². The molecule has 2 atom stereocenters. The summed E-state index contributed by atoms with van der Waals surface area (Å²) in [5, 5.41) is 4.21. The van der Waals surface area contributed by atoms with Crippen molar-refractivity contribution in [2.75, 3.05) is 26.3 Å². The van der Waals surface area contributed by atoms with E-state index in [2.05, 4.69) is 5.32 Å². The molecule has 1 aliphatic rings. The first-order chi connectivity index (χ1) is 11.6. The van der Waals surface area contributed by atoms with Gasteiger partial charge in [0, 0.05) is 19.7 Å². The van der Waals surface area contributed by atoms with E-state index in [-0.39, 0.29) is 25.1 Å². The van der Waals surface area contributed by atoms with Crippen LogP contribution in [-0.4, -0.2) is 67.2 Å². The summed E-state index contributed by atoms with van der Waals surface area (Å²) in [5.41, 5.74) is 0. The second-order valence-corrected chi connectivity index (χ2v) is 6.10. The molecule has 144 valence electrons. The summed E-state index contributed by atoms with van der Waals surface area (Å²) in [4.78, 5) is 36.6. The van der Waals surface area contributed by atoms with E-state index in [4.69, 9.17) is 4.74 Å². The molecule has 1 fully saturated rings. The fraction of sp³-hybridized carbons (Fsp3) is 0.800. The highest BCUT2D eigenvalue weighted by Crippen LogP contribution is 2.18. The number of amides is 3. The molecule has 3 amide bonds. The Bertz CT molecular complexity index is 497. The molecule has 0 aromatic carbocycles. The van der Waals surface area contributed by atoms with Crippen molar-refractivity contribution in [3.8, 4) is 0 Å². The van der Waals surface area contributed by atoms with E-state index < -0.39 is 30.0 Å². The van der Waals surface area contributed by atoms with Crippen LogP contribution in [0.4, 0.5) is 13.2 Å². The highest BCUT2D eigenvalue weighted by Gasteiger charge is 2.41. The van der Waals surface area contributed by atoms with Crippen molar-refractivity contribution in [1.82, 2.24) is 15.5 Å². The normalized spacial score (nSPS) is 18.5. The lowest BCUT2D eigenvalue weighted by Gasteiger charge is -2.41. The Balaban J connectivity index is 2.52. The molecule has 7 nitrogen and oxygen atoms in total. The van der Waals surface area contributed by atoms with Crippen LogP contribution in [0.5, 0.6) is 0 Å². The monoisotopic (exact) mass is 367 g/mol. The van der Waals surface area contributed by atoms with Gasteiger partial charge in [-0.15, -0.1) is 0 Å². The number of likely N-dealkylation sites (tertiary alicyclic amines) is 1. The highest BCUT2D eigenvalue weighted by atomic mass is 19.4. The average Bonchev–Trinajstić information content (AvgIpc) is 2.47. The first-order valence-electron chi connectivity index (χ1n) is 8.10. The third-order valence-electron chi connectivity index (χ3n) is 3.90. The quantitative estimate of drug-likeness (QED) is 0.652. The van der Waals surface area contributed by atoms with Crippen LogP contribution in [0, 0.1) is 5.92 Å². The smallest absolute Gasteiger partial charge is 0.372 e. The van der Waals surface area contributed by atoms with Crippen molar-refractivity contribution >= 4 is 17.7 Å². The summed E-state index contributed by atoms with van der Waals surface area (Å²) in [6.45, 7) is 5.85. The lowest BCUT2D eigenvalue weighted by Crippen LogP contribution is -2.59. The molecule has 1 rings (SSSR count). The maximum absolute atomic E-state index is 12.4. The molecule has 0 aromatic rings. The number of carbonyl (C=O) groups excluding carboxylic acids is 3. The van der Waals surface area contributed by atoms with Crippen molar-refractivity contribution < 1.29 is 32.3 Å². The van der Waals surface area contributed by atoms with Gasteiger partial charge >= 0.3 is 12.1 Å². The molecule has 2 N–H and O–H groups in total. The lowest BCUT2D eigenvalue weighted by molar-refractivity contribution is -0.175. The summed E-state index contributed by atoms with van der Waals surface area (Å²) >= 11 is 0. The molecule has 10 heteroatoms. The molecular weight excluding hydrogens is 343 g/mol. The van der Waals surface area contributed by atoms with Crippen LogP contribution in [0.15, 0.2) is 0 Å². The molecule has 0 spiro atoms. The topological polar surface area (TPSA) is 87.7 Å². The summed E-state index contributed by atoms with van der Waals surface area (Å²) in [7, 11) is 0. The Kier molecular flexibility index (Phi) is 7.65. The number of carbonyl (C=O) groups is 3. The van der Waals surface area contributed by atoms with Gasteiger partial charge in [-0.2, -0.15) is 13.2 Å². The molecule has 1 heterocycles. The predicted octanol–water partition coefficient (Wildman–Crippen LogP) is 0.443. The molecular formula is C15H24F3N3O4. The minimum atomic E-state index is -5.05. The Hall–Kier alpha value is -1.84. The maximum atomic E-state index is 12.4. The number of rotatable bonds is 8. The van der Waals surface area contributed by atoms with E-state index in [1.54, 1.807) is 17.1 Å². The Morgan fingerprint density at radius 1 is 1.28 bits per heavy atom. The van der Waals surface area contributed by atoms with Crippen molar-refractivity contribution in [1.29, 1.82) is 0 Å². The van der Waals surface area contributed by atoms with Gasteiger partial charge in [0.2, 0.25) is 11.8 Å². The predicted molar refractivity (Wildman–Crippen MR) is 82.4 cm³/mol. The lowest BCUT2D eigenvalue weighted by atomic mass is 10.0. The van der Waals surface area contributed by atoms with Gasteiger partial charge in [0.15, 0.2) is 0 Å². The summed E-state index contributed by atoms with van der Waals surface area (Å²) < 4.78 is 42.1. The second kappa shape index (κ2) is 9.02. The SMILES string of the molecule is CCOCC(=O)N1CCC1CNC(=O)[C@@H](NC(=O)C(F)(F)F)C(C)C. The molecule has 25 heavy (non-hydrogen) atoms. The van der Waals surface area contributed by atoms with Crippen LogP contribution in [0.3, 0.4) is 0 Å². The van der Waals surface area contributed by atoms with Crippen molar-refractivity contribution in [3.05, 3.63) is 0 Å². The number of nitrogens with zero attached hydrogens (tertiary/aromatic N) is 1. The van der Waals surface area contributed by atoms with Gasteiger partial charge < -0.3 is 20.3 Å². The highest BCUT2D eigenvalue weighted by molar-refractivity contribution is 5.90. The van der Waals surface area contributed by atoms with E-state index >= 15 is 0 Å². The number of alkyl halides is 3.